The van der Waals surface area contributed by atoms with Crippen molar-refractivity contribution in [1.82, 2.24) is 28.7 Å². The first-order valence-electron chi connectivity index (χ1n) is 25.9. The summed E-state index contributed by atoms with van der Waals surface area (Å²) in [5.74, 6) is 1.70. The topological polar surface area (TPSA) is 53.5 Å². The highest BCUT2D eigenvalue weighted by molar-refractivity contribution is 7.19. The Morgan fingerprint density at radius 1 is 0.263 bits per heavy atom. The molecular weight excluding hydrogens is 941 g/mol. The summed E-state index contributed by atoms with van der Waals surface area (Å²) in [4.78, 5) is 17.0. The molecule has 0 unspecified atom stereocenters. The number of fused-ring (bicyclic) bond motifs is 9. The predicted molar refractivity (Wildman–Crippen MR) is 317 cm³/mol. The molecule has 4 heterocycles. The lowest BCUT2D eigenvalue weighted by Gasteiger charge is -2.34. The molecule has 0 saturated carbocycles. The smallest absolute Gasteiger partial charge is 0.238 e. The molecule has 7 heteroatoms. The van der Waals surface area contributed by atoms with E-state index < -0.39 is 8.07 Å². The summed E-state index contributed by atoms with van der Waals surface area (Å²) in [6, 6.07) is 101. The normalized spacial score (nSPS) is 11.9. The summed E-state index contributed by atoms with van der Waals surface area (Å²) in [7, 11) is -2.94. The van der Waals surface area contributed by atoms with Crippen LogP contribution in [0, 0.1) is 0 Å². The van der Waals surface area contributed by atoms with Crippen molar-refractivity contribution in [3.63, 3.8) is 0 Å². The number of nitrogens with zero attached hydrogens (tertiary/aromatic N) is 6. The van der Waals surface area contributed by atoms with Gasteiger partial charge in [0.1, 0.15) is 0 Å². The molecule has 15 rings (SSSR count). The van der Waals surface area contributed by atoms with E-state index in [2.05, 4.69) is 293 Å². The third kappa shape index (κ3) is 6.69. The molecule has 0 aliphatic heterocycles. The van der Waals surface area contributed by atoms with E-state index in [-0.39, 0.29) is 0 Å². The second kappa shape index (κ2) is 17.6. The van der Waals surface area contributed by atoms with Crippen molar-refractivity contribution >= 4 is 94.2 Å². The zero-order chi connectivity index (χ0) is 50.2. The quantitative estimate of drug-likeness (QED) is 0.107. The van der Waals surface area contributed by atoms with Crippen LogP contribution in [0.1, 0.15) is 0 Å². The molecular formula is C69H46N6Si. The lowest BCUT2D eigenvalue weighted by Crippen LogP contribution is -2.74. The minimum absolute atomic E-state index is 0.542. The molecule has 11 aromatic carbocycles. The highest BCUT2D eigenvalue weighted by Gasteiger charge is 2.41. The number of rotatable bonds is 9. The zero-order valence-electron chi connectivity index (χ0n) is 41.2. The summed E-state index contributed by atoms with van der Waals surface area (Å²) < 4.78 is 7.03. The van der Waals surface area contributed by atoms with Crippen LogP contribution in [0.4, 0.5) is 0 Å². The van der Waals surface area contributed by atoms with Crippen LogP contribution >= 0.6 is 0 Å². The van der Waals surface area contributed by atoms with Crippen LogP contribution in [0.2, 0.25) is 0 Å². The van der Waals surface area contributed by atoms with Crippen LogP contribution in [0.5, 0.6) is 0 Å². The maximum Gasteiger partial charge on any atom is 0.238 e. The van der Waals surface area contributed by atoms with Gasteiger partial charge in [-0.25, -0.2) is 4.98 Å². The Bertz CT molecular complexity index is 4490. The third-order valence-electron chi connectivity index (χ3n) is 15.4. The van der Waals surface area contributed by atoms with E-state index >= 15 is 0 Å². The molecule has 6 nitrogen and oxygen atoms in total. The van der Waals surface area contributed by atoms with Gasteiger partial charge in [-0.1, -0.05) is 224 Å². The Hall–Kier alpha value is -9.95. The molecule has 0 saturated heterocycles. The Morgan fingerprint density at radius 2 is 0.658 bits per heavy atom. The SMILES string of the molecule is c1ccc(-n2c3ccccc3c3cc(-c4nc(-c5cccc([Si](c6ccccc6)(c6ccccc6)c6ccccc6)c5)nc(-n5c6ccccc6c6ccccc65)n4)c(-n4c5ccccc5c5ccccc54)cc32)cc1. The van der Waals surface area contributed by atoms with Crippen molar-refractivity contribution in [3.05, 3.63) is 279 Å². The number of para-hydroxylation sites is 6. The lowest BCUT2D eigenvalue weighted by atomic mass is 10.1. The first-order valence-corrected chi connectivity index (χ1v) is 27.9. The average molecular weight is 987 g/mol. The summed E-state index contributed by atoms with van der Waals surface area (Å²) in [5, 5.41) is 12.0. The minimum atomic E-state index is -2.94. The Kier molecular flexibility index (Phi) is 10.1. The molecule has 0 fully saturated rings. The fourth-order valence-corrected chi connectivity index (χ4v) is 17.0. The van der Waals surface area contributed by atoms with Crippen LogP contribution in [0.25, 0.3) is 106 Å². The highest BCUT2D eigenvalue weighted by atomic mass is 28.3. The van der Waals surface area contributed by atoms with Crippen molar-refractivity contribution < 1.29 is 0 Å². The summed E-state index contributed by atoms with van der Waals surface area (Å²) >= 11 is 0. The minimum Gasteiger partial charge on any atom is -0.309 e. The highest BCUT2D eigenvalue weighted by Crippen LogP contribution is 2.42. The van der Waals surface area contributed by atoms with Crippen molar-refractivity contribution in [2.45, 2.75) is 0 Å². The van der Waals surface area contributed by atoms with Crippen molar-refractivity contribution in [3.8, 4) is 40.1 Å². The monoisotopic (exact) mass is 986 g/mol. The molecule has 0 spiro atoms. The maximum atomic E-state index is 5.73. The predicted octanol–water partition coefficient (Wildman–Crippen LogP) is 13.9. The average Bonchev–Trinajstić information content (AvgIpc) is 4.23. The van der Waals surface area contributed by atoms with E-state index in [0.717, 1.165) is 77.1 Å². The van der Waals surface area contributed by atoms with Gasteiger partial charge in [0.25, 0.3) is 0 Å². The summed E-state index contributed by atoms with van der Waals surface area (Å²) in [6.45, 7) is 0. The van der Waals surface area contributed by atoms with E-state index in [0.29, 0.717) is 17.6 Å². The molecule has 0 aliphatic rings. The molecule has 76 heavy (non-hydrogen) atoms. The van der Waals surface area contributed by atoms with Gasteiger partial charge in [0, 0.05) is 49.1 Å². The molecule has 356 valence electrons. The molecule has 0 atom stereocenters. The van der Waals surface area contributed by atoms with Gasteiger partial charge < -0.3 is 9.13 Å². The van der Waals surface area contributed by atoms with Gasteiger partial charge in [-0.3, -0.25) is 4.57 Å². The molecule has 0 N–H and O–H groups in total. The standard InChI is InChI=1S/C69H46N6Si/c1-5-25-48(26-6-1)73-60-39-18-17-38-57(60)58-45-59(66(46-65(58)73)74-61-40-19-13-34-53(61)54-35-14-20-41-62(54)74)68-70-67(71-69(72-68)75-63-42-21-15-36-55(63)56-37-16-22-43-64(56)75)47-24-23-33-52(44-47)76(49-27-7-2-8-28-49,50-29-9-3-10-30-50)51-31-11-4-12-32-51/h1-46H. The molecule has 0 radical (unpaired) electrons. The van der Waals surface area contributed by atoms with E-state index in [1.807, 2.05) is 0 Å². The number of hydrogen-bond acceptors (Lipinski definition) is 3. The fraction of sp³-hybridized carbons (Fsp3) is 0. The van der Waals surface area contributed by atoms with Crippen LogP contribution in [-0.2, 0) is 0 Å². The van der Waals surface area contributed by atoms with E-state index in [1.165, 1.54) is 31.5 Å². The second-order valence-corrected chi connectivity index (χ2v) is 23.3. The molecule has 0 bridgehead atoms. The van der Waals surface area contributed by atoms with Crippen LogP contribution in [0.3, 0.4) is 0 Å². The van der Waals surface area contributed by atoms with E-state index in [1.54, 1.807) is 0 Å². The second-order valence-electron chi connectivity index (χ2n) is 19.5. The number of hydrogen-bond donors (Lipinski definition) is 0. The lowest BCUT2D eigenvalue weighted by molar-refractivity contribution is 0.952. The zero-order valence-corrected chi connectivity index (χ0v) is 42.2. The largest absolute Gasteiger partial charge is 0.309 e. The number of aromatic nitrogens is 6. The van der Waals surface area contributed by atoms with Crippen LogP contribution in [-0.4, -0.2) is 36.7 Å². The summed E-state index contributed by atoms with van der Waals surface area (Å²) in [6.07, 6.45) is 0. The molecule has 4 aromatic heterocycles. The van der Waals surface area contributed by atoms with Gasteiger partial charge in [0.15, 0.2) is 19.7 Å². The van der Waals surface area contributed by atoms with Gasteiger partial charge in [-0.15, -0.1) is 0 Å². The summed E-state index contributed by atoms with van der Waals surface area (Å²) in [5.41, 5.74) is 10.3. The first-order chi connectivity index (χ1) is 37.7. The van der Waals surface area contributed by atoms with Gasteiger partial charge >= 0.3 is 0 Å². The van der Waals surface area contributed by atoms with Crippen molar-refractivity contribution in [1.29, 1.82) is 0 Å². The molecule has 0 amide bonds. The molecule has 0 aliphatic carbocycles. The van der Waals surface area contributed by atoms with Crippen LogP contribution < -0.4 is 20.7 Å². The van der Waals surface area contributed by atoms with E-state index in [4.69, 9.17) is 15.0 Å². The Labute approximate surface area is 439 Å². The third-order valence-corrected chi connectivity index (χ3v) is 20.2. The fourth-order valence-electron chi connectivity index (χ4n) is 12.2. The van der Waals surface area contributed by atoms with Crippen molar-refractivity contribution in [2.24, 2.45) is 0 Å². The van der Waals surface area contributed by atoms with Gasteiger partial charge in [-0.2, -0.15) is 9.97 Å². The van der Waals surface area contributed by atoms with Crippen molar-refractivity contribution in [2.75, 3.05) is 0 Å². The van der Waals surface area contributed by atoms with Gasteiger partial charge in [-0.05, 0) is 75.3 Å². The molecule has 15 aromatic rings. The maximum absolute atomic E-state index is 5.73. The number of benzene rings is 11. The Balaban J connectivity index is 1.07. The van der Waals surface area contributed by atoms with E-state index in [9.17, 15) is 0 Å². The van der Waals surface area contributed by atoms with Gasteiger partial charge in [0.05, 0.1) is 38.8 Å². The van der Waals surface area contributed by atoms with Gasteiger partial charge in [0.2, 0.25) is 5.95 Å². The van der Waals surface area contributed by atoms with Crippen LogP contribution in [0.15, 0.2) is 279 Å². The Morgan fingerprint density at radius 3 is 1.16 bits per heavy atom. The first kappa shape index (κ1) is 43.6.